The van der Waals surface area contributed by atoms with Crippen molar-refractivity contribution in [1.29, 1.82) is 0 Å². The lowest BCUT2D eigenvalue weighted by molar-refractivity contribution is -0.119. The Labute approximate surface area is 175 Å². The summed E-state index contributed by atoms with van der Waals surface area (Å²) in [5.41, 5.74) is 2.90. The minimum absolute atomic E-state index is 0.0125. The summed E-state index contributed by atoms with van der Waals surface area (Å²) in [4.78, 5) is 24.5. The van der Waals surface area contributed by atoms with Crippen LogP contribution in [0.4, 0.5) is 11.4 Å². The summed E-state index contributed by atoms with van der Waals surface area (Å²) in [6, 6.07) is 9.27. The molecule has 2 aromatic carbocycles. The van der Waals surface area contributed by atoms with Gasteiger partial charge in [-0.25, -0.2) is 8.42 Å². The molecule has 8 nitrogen and oxygen atoms in total. The Morgan fingerprint density at radius 3 is 2.80 bits per heavy atom. The quantitative estimate of drug-likeness (QED) is 0.777. The first kappa shape index (κ1) is 20.4. The molecule has 1 fully saturated rings. The van der Waals surface area contributed by atoms with Crippen LogP contribution < -0.4 is 15.4 Å². The molecule has 158 valence electrons. The van der Waals surface area contributed by atoms with Gasteiger partial charge in [0.1, 0.15) is 11.8 Å². The van der Waals surface area contributed by atoms with Crippen molar-refractivity contribution >= 4 is 33.2 Å². The van der Waals surface area contributed by atoms with Crippen LogP contribution in [0, 0.1) is 13.8 Å². The summed E-state index contributed by atoms with van der Waals surface area (Å²) in [7, 11) is -3.93. The summed E-state index contributed by atoms with van der Waals surface area (Å²) in [6.07, 6.45) is 1.04. The molecule has 0 saturated carbocycles. The first-order valence-electron chi connectivity index (χ1n) is 9.72. The molecule has 30 heavy (non-hydrogen) atoms. The van der Waals surface area contributed by atoms with E-state index in [0.29, 0.717) is 30.0 Å². The summed E-state index contributed by atoms with van der Waals surface area (Å²) < 4.78 is 33.1. The van der Waals surface area contributed by atoms with Gasteiger partial charge in [0.2, 0.25) is 15.9 Å². The van der Waals surface area contributed by atoms with Crippen molar-refractivity contribution in [3.8, 4) is 5.75 Å². The molecule has 2 amide bonds. The van der Waals surface area contributed by atoms with Crippen molar-refractivity contribution < 1.29 is 22.7 Å². The molecule has 1 atom stereocenters. The highest BCUT2D eigenvalue weighted by Crippen LogP contribution is 2.33. The summed E-state index contributed by atoms with van der Waals surface area (Å²) in [5.74, 6) is -0.275. The molecule has 9 heteroatoms. The number of ether oxygens (including phenoxy) is 1. The van der Waals surface area contributed by atoms with E-state index in [-0.39, 0.29) is 29.9 Å². The number of sulfonamides is 1. The zero-order valence-corrected chi connectivity index (χ0v) is 17.6. The van der Waals surface area contributed by atoms with Crippen LogP contribution in [0.5, 0.6) is 5.75 Å². The number of anilines is 2. The maximum atomic E-state index is 13.3. The highest BCUT2D eigenvalue weighted by Gasteiger charge is 2.40. The van der Waals surface area contributed by atoms with Gasteiger partial charge >= 0.3 is 0 Å². The van der Waals surface area contributed by atoms with E-state index in [1.807, 2.05) is 32.0 Å². The van der Waals surface area contributed by atoms with Gasteiger partial charge < -0.3 is 15.4 Å². The van der Waals surface area contributed by atoms with Gasteiger partial charge in [-0.15, -0.1) is 0 Å². The lowest BCUT2D eigenvalue weighted by Crippen LogP contribution is -2.43. The van der Waals surface area contributed by atoms with Crippen molar-refractivity contribution in [2.45, 2.75) is 37.6 Å². The second-order valence-electron chi connectivity index (χ2n) is 7.58. The molecule has 2 aliphatic heterocycles. The molecule has 2 heterocycles. The highest BCUT2D eigenvalue weighted by atomic mass is 32.2. The molecule has 1 saturated heterocycles. The van der Waals surface area contributed by atoms with Crippen LogP contribution in [0.3, 0.4) is 0 Å². The van der Waals surface area contributed by atoms with Gasteiger partial charge in [-0.2, -0.15) is 4.31 Å². The first-order valence-corrected chi connectivity index (χ1v) is 11.2. The number of hydrogen-bond acceptors (Lipinski definition) is 5. The Bertz CT molecular complexity index is 1130. The fourth-order valence-corrected chi connectivity index (χ4v) is 5.42. The summed E-state index contributed by atoms with van der Waals surface area (Å²) in [6.45, 7) is 3.97. The van der Waals surface area contributed by atoms with Crippen LogP contribution in [0.1, 0.15) is 24.0 Å². The molecule has 0 aromatic heterocycles. The predicted octanol–water partition coefficient (Wildman–Crippen LogP) is 2.43. The van der Waals surface area contributed by atoms with E-state index in [4.69, 9.17) is 4.74 Å². The predicted molar refractivity (Wildman–Crippen MR) is 112 cm³/mol. The van der Waals surface area contributed by atoms with Crippen LogP contribution in [0.25, 0.3) is 0 Å². The third kappa shape index (κ3) is 3.78. The van der Waals surface area contributed by atoms with Crippen LogP contribution in [0.2, 0.25) is 0 Å². The largest absolute Gasteiger partial charge is 0.482 e. The Kier molecular flexibility index (Phi) is 5.25. The normalized spacial score (nSPS) is 19.0. The van der Waals surface area contributed by atoms with Crippen molar-refractivity contribution in [3.63, 3.8) is 0 Å². The highest BCUT2D eigenvalue weighted by molar-refractivity contribution is 7.89. The molecule has 0 bridgehead atoms. The third-order valence-corrected chi connectivity index (χ3v) is 7.25. The van der Waals surface area contributed by atoms with Crippen molar-refractivity contribution in [1.82, 2.24) is 4.31 Å². The zero-order valence-electron chi connectivity index (χ0n) is 16.8. The SMILES string of the molecule is Cc1ccc(C)c(NC(=O)[C@@H]2CCCN2S(=O)(=O)c2ccc3c(c2)NC(=O)CO3)c1. The second-order valence-corrected chi connectivity index (χ2v) is 9.47. The molecule has 0 spiro atoms. The lowest BCUT2D eigenvalue weighted by Gasteiger charge is -2.25. The topological polar surface area (TPSA) is 105 Å². The maximum absolute atomic E-state index is 13.3. The van der Waals surface area contributed by atoms with E-state index >= 15 is 0 Å². The number of nitrogens with one attached hydrogen (secondary N) is 2. The van der Waals surface area contributed by atoms with Gasteiger partial charge in [0.25, 0.3) is 5.91 Å². The van der Waals surface area contributed by atoms with Gasteiger partial charge in [-0.05, 0) is 62.1 Å². The van der Waals surface area contributed by atoms with E-state index in [2.05, 4.69) is 10.6 Å². The van der Waals surface area contributed by atoms with Crippen LogP contribution in [-0.2, 0) is 19.6 Å². The molecule has 0 unspecified atom stereocenters. The second kappa shape index (κ2) is 7.73. The Hall–Kier alpha value is -2.91. The summed E-state index contributed by atoms with van der Waals surface area (Å²) >= 11 is 0. The van der Waals surface area contributed by atoms with Crippen molar-refractivity contribution in [2.75, 3.05) is 23.8 Å². The zero-order chi connectivity index (χ0) is 21.5. The Morgan fingerprint density at radius 2 is 2.00 bits per heavy atom. The number of amides is 2. The number of benzene rings is 2. The average Bonchev–Trinajstić information content (AvgIpc) is 3.21. The average molecular weight is 429 g/mol. The minimum Gasteiger partial charge on any atom is -0.482 e. The fraction of sp³-hybridized carbons (Fsp3) is 0.333. The fourth-order valence-electron chi connectivity index (χ4n) is 3.73. The summed E-state index contributed by atoms with van der Waals surface area (Å²) in [5, 5.41) is 5.50. The molecule has 4 rings (SSSR count). The number of aryl methyl sites for hydroxylation is 2. The maximum Gasteiger partial charge on any atom is 0.262 e. The Morgan fingerprint density at radius 1 is 1.20 bits per heavy atom. The van der Waals surface area contributed by atoms with E-state index in [1.165, 1.54) is 22.5 Å². The van der Waals surface area contributed by atoms with E-state index < -0.39 is 16.1 Å². The van der Waals surface area contributed by atoms with E-state index in [0.717, 1.165) is 11.1 Å². The monoisotopic (exact) mass is 429 g/mol. The van der Waals surface area contributed by atoms with Gasteiger partial charge in [-0.3, -0.25) is 9.59 Å². The molecule has 2 aliphatic rings. The molecule has 2 N–H and O–H groups in total. The molecular formula is C21H23N3O5S. The molecular weight excluding hydrogens is 406 g/mol. The third-order valence-electron chi connectivity index (χ3n) is 5.35. The number of rotatable bonds is 4. The van der Waals surface area contributed by atoms with Gasteiger partial charge in [0.05, 0.1) is 10.6 Å². The van der Waals surface area contributed by atoms with E-state index in [9.17, 15) is 18.0 Å². The van der Waals surface area contributed by atoms with Gasteiger partial charge in [0, 0.05) is 12.2 Å². The van der Waals surface area contributed by atoms with Gasteiger partial charge in [-0.1, -0.05) is 12.1 Å². The van der Waals surface area contributed by atoms with E-state index in [1.54, 1.807) is 0 Å². The molecule has 0 radical (unpaired) electrons. The lowest BCUT2D eigenvalue weighted by atomic mass is 10.1. The van der Waals surface area contributed by atoms with Gasteiger partial charge in [0.15, 0.2) is 6.61 Å². The Balaban J connectivity index is 1.59. The molecule has 0 aliphatic carbocycles. The first-order chi connectivity index (χ1) is 14.3. The number of hydrogen-bond donors (Lipinski definition) is 2. The van der Waals surface area contributed by atoms with Crippen LogP contribution >= 0.6 is 0 Å². The number of carbonyl (C=O) groups excluding carboxylic acids is 2. The van der Waals surface area contributed by atoms with Crippen molar-refractivity contribution in [3.05, 3.63) is 47.5 Å². The smallest absolute Gasteiger partial charge is 0.262 e. The number of fused-ring (bicyclic) bond motifs is 1. The van der Waals surface area contributed by atoms with Crippen LogP contribution in [0.15, 0.2) is 41.3 Å². The minimum atomic E-state index is -3.93. The standard InChI is InChI=1S/C21H23N3O5S/c1-13-5-6-14(2)16(10-13)23-21(26)18-4-3-9-24(18)30(27,28)15-7-8-19-17(11-15)22-20(25)12-29-19/h5-8,10-11,18H,3-4,9,12H2,1-2H3,(H,22,25)(H,23,26)/t18-/m0/s1. The van der Waals surface area contributed by atoms with Crippen LogP contribution in [-0.4, -0.2) is 43.7 Å². The molecule has 2 aromatic rings. The van der Waals surface area contributed by atoms with Crippen molar-refractivity contribution in [2.24, 2.45) is 0 Å². The number of carbonyl (C=O) groups is 2. The number of nitrogens with zero attached hydrogens (tertiary/aromatic N) is 1.